The summed E-state index contributed by atoms with van der Waals surface area (Å²) in [6.45, 7) is 5.25. The van der Waals surface area contributed by atoms with Crippen molar-refractivity contribution in [3.8, 4) is 0 Å². The molecule has 0 bridgehead atoms. The summed E-state index contributed by atoms with van der Waals surface area (Å²) in [4.78, 5) is 13.4. The second kappa shape index (κ2) is 7.41. The number of nitrogens with zero attached hydrogens (tertiary/aromatic N) is 1. The summed E-state index contributed by atoms with van der Waals surface area (Å²) < 4.78 is 4.81. The average Bonchev–Trinajstić information content (AvgIpc) is 2.30. The summed E-state index contributed by atoms with van der Waals surface area (Å²) in [5.74, 6) is -0.249. The molecule has 0 amide bonds. The molecule has 92 valence electrons. The Morgan fingerprint density at radius 1 is 1.50 bits per heavy atom. The van der Waals surface area contributed by atoms with Crippen molar-refractivity contribution in [3.63, 3.8) is 0 Å². The van der Waals surface area contributed by atoms with E-state index in [0.717, 1.165) is 19.6 Å². The molecule has 0 atom stereocenters. The molecule has 1 aliphatic heterocycles. The Balaban J connectivity index is 2.22. The largest absolute Gasteiger partial charge is 0.463 e. The molecule has 1 heterocycles. The third-order valence-corrected chi connectivity index (χ3v) is 2.87. The standard InChI is InChI=1S/C12H22N2O2/c1-3-16-12(15)5-4-10-14(2)11-6-8-13-9-7-11/h4-5,11,13H,3,6-10H2,1-2H3/b5-4+. The molecule has 1 fully saturated rings. The van der Waals surface area contributed by atoms with E-state index in [-0.39, 0.29) is 5.97 Å². The first-order valence-electron chi connectivity index (χ1n) is 5.98. The second-order valence-electron chi connectivity index (χ2n) is 4.08. The van der Waals surface area contributed by atoms with E-state index in [1.165, 1.54) is 18.9 Å². The third-order valence-electron chi connectivity index (χ3n) is 2.87. The predicted molar refractivity (Wildman–Crippen MR) is 64.3 cm³/mol. The van der Waals surface area contributed by atoms with E-state index in [9.17, 15) is 4.79 Å². The van der Waals surface area contributed by atoms with Gasteiger partial charge in [0.2, 0.25) is 0 Å². The number of carbonyl (C=O) groups is 1. The fourth-order valence-corrected chi connectivity index (χ4v) is 1.90. The van der Waals surface area contributed by atoms with Gasteiger partial charge in [0, 0.05) is 18.7 Å². The van der Waals surface area contributed by atoms with Crippen LogP contribution >= 0.6 is 0 Å². The van der Waals surface area contributed by atoms with Gasteiger partial charge in [0.15, 0.2) is 0 Å². The Labute approximate surface area is 97.6 Å². The molecular formula is C12H22N2O2. The lowest BCUT2D eigenvalue weighted by Gasteiger charge is -2.30. The monoisotopic (exact) mass is 226 g/mol. The van der Waals surface area contributed by atoms with Gasteiger partial charge in [0.1, 0.15) is 0 Å². The van der Waals surface area contributed by atoms with Crippen LogP contribution in [-0.4, -0.2) is 50.2 Å². The van der Waals surface area contributed by atoms with E-state index < -0.39 is 0 Å². The highest BCUT2D eigenvalue weighted by Gasteiger charge is 2.16. The highest BCUT2D eigenvalue weighted by Crippen LogP contribution is 2.09. The number of ether oxygens (including phenoxy) is 1. The van der Waals surface area contributed by atoms with Crippen molar-refractivity contribution in [2.45, 2.75) is 25.8 Å². The van der Waals surface area contributed by atoms with Crippen LogP contribution in [0.2, 0.25) is 0 Å². The summed E-state index contributed by atoms with van der Waals surface area (Å²) in [6, 6.07) is 0.632. The highest BCUT2D eigenvalue weighted by molar-refractivity contribution is 5.81. The fraction of sp³-hybridized carbons (Fsp3) is 0.750. The van der Waals surface area contributed by atoms with E-state index in [4.69, 9.17) is 4.74 Å². The van der Waals surface area contributed by atoms with E-state index in [0.29, 0.717) is 12.6 Å². The number of rotatable bonds is 5. The molecule has 0 aliphatic carbocycles. The summed E-state index contributed by atoms with van der Waals surface area (Å²) >= 11 is 0. The number of hydrogen-bond donors (Lipinski definition) is 1. The zero-order chi connectivity index (χ0) is 11.8. The van der Waals surface area contributed by atoms with Crippen molar-refractivity contribution in [1.82, 2.24) is 10.2 Å². The quantitative estimate of drug-likeness (QED) is 0.556. The van der Waals surface area contributed by atoms with Crippen molar-refractivity contribution in [3.05, 3.63) is 12.2 Å². The van der Waals surface area contributed by atoms with Crippen LogP contribution in [0.15, 0.2) is 12.2 Å². The van der Waals surface area contributed by atoms with Gasteiger partial charge >= 0.3 is 5.97 Å². The summed E-state index contributed by atoms with van der Waals surface area (Å²) in [6.07, 6.45) is 5.76. The van der Waals surface area contributed by atoms with Crippen molar-refractivity contribution in [2.24, 2.45) is 0 Å². The molecule has 4 heteroatoms. The number of nitrogens with one attached hydrogen (secondary N) is 1. The van der Waals surface area contributed by atoms with Crippen LogP contribution in [0.5, 0.6) is 0 Å². The molecule has 0 aromatic rings. The van der Waals surface area contributed by atoms with E-state index in [1.54, 1.807) is 0 Å². The molecule has 0 spiro atoms. The molecule has 0 radical (unpaired) electrons. The maximum Gasteiger partial charge on any atom is 0.330 e. The van der Waals surface area contributed by atoms with Gasteiger partial charge in [-0.1, -0.05) is 6.08 Å². The van der Waals surface area contributed by atoms with Crippen molar-refractivity contribution >= 4 is 5.97 Å². The summed E-state index contributed by atoms with van der Waals surface area (Å²) in [5.41, 5.74) is 0. The highest BCUT2D eigenvalue weighted by atomic mass is 16.5. The van der Waals surface area contributed by atoms with Crippen LogP contribution in [0.25, 0.3) is 0 Å². The van der Waals surface area contributed by atoms with Crippen LogP contribution in [0.3, 0.4) is 0 Å². The number of hydrogen-bond acceptors (Lipinski definition) is 4. The minimum absolute atomic E-state index is 0.249. The number of likely N-dealkylation sites (N-methyl/N-ethyl adjacent to an activating group) is 1. The van der Waals surface area contributed by atoms with Crippen LogP contribution in [-0.2, 0) is 9.53 Å². The van der Waals surface area contributed by atoms with Gasteiger partial charge in [-0.05, 0) is 39.9 Å². The number of carbonyl (C=O) groups excluding carboxylic acids is 1. The zero-order valence-electron chi connectivity index (χ0n) is 10.2. The zero-order valence-corrected chi connectivity index (χ0v) is 10.2. The Bertz CT molecular complexity index is 235. The fourth-order valence-electron chi connectivity index (χ4n) is 1.90. The van der Waals surface area contributed by atoms with Crippen LogP contribution in [0.4, 0.5) is 0 Å². The molecule has 1 N–H and O–H groups in total. The van der Waals surface area contributed by atoms with Gasteiger partial charge in [0.05, 0.1) is 6.61 Å². The van der Waals surface area contributed by atoms with Gasteiger partial charge in [-0.3, -0.25) is 4.90 Å². The minimum atomic E-state index is -0.249. The first-order valence-corrected chi connectivity index (χ1v) is 5.98. The first-order chi connectivity index (χ1) is 7.74. The molecule has 16 heavy (non-hydrogen) atoms. The maximum absolute atomic E-state index is 11.1. The lowest BCUT2D eigenvalue weighted by Crippen LogP contribution is -2.41. The van der Waals surface area contributed by atoms with Gasteiger partial charge in [-0.25, -0.2) is 4.79 Å². The van der Waals surface area contributed by atoms with Crippen molar-refractivity contribution in [2.75, 3.05) is 33.3 Å². The Hall–Kier alpha value is -0.870. The molecule has 0 saturated carbocycles. The maximum atomic E-state index is 11.1. The first kappa shape index (κ1) is 13.2. The second-order valence-corrected chi connectivity index (χ2v) is 4.08. The van der Waals surface area contributed by atoms with Gasteiger partial charge in [0.25, 0.3) is 0 Å². The van der Waals surface area contributed by atoms with E-state index in [1.807, 2.05) is 13.0 Å². The molecule has 0 unspecified atom stereocenters. The molecule has 0 aromatic heterocycles. The molecule has 1 rings (SSSR count). The van der Waals surface area contributed by atoms with Gasteiger partial charge in [-0.2, -0.15) is 0 Å². The SMILES string of the molecule is CCOC(=O)/C=C/CN(C)C1CCNCC1. The van der Waals surface area contributed by atoms with Crippen molar-refractivity contribution in [1.29, 1.82) is 0 Å². The molecule has 0 aromatic carbocycles. The van der Waals surface area contributed by atoms with Crippen LogP contribution in [0.1, 0.15) is 19.8 Å². The van der Waals surface area contributed by atoms with E-state index in [2.05, 4.69) is 17.3 Å². The lowest BCUT2D eigenvalue weighted by molar-refractivity contribution is -0.137. The Kier molecular flexibility index (Phi) is 6.11. The van der Waals surface area contributed by atoms with Crippen LogP contribution < -0.4 is 5.32 Å². The van der Waals surface area contributed by atoms with Crippen molar-refractivity contribution < 1.29 is 9.53 Å². The molecule has 1 saturated heterocycles. The van der Waals surface area contributed by atoms with Gasteiger partial charge < -0.3 is 10.1 Å². The number of piperidine rings is 1. The Morgan fingerprint density at radius 2 is 2.19 bits per heavy atom. The van der Waals surface area contributed by atoms with Gasteiger partial charge in [-0.15, -0.1) is 0 Å². The molecule has 4 nitrogen and oxygen atoms in total. The smallest absolute Gasteiger partial charge is 0.330 e. The molecular weight excluding hydrogens is 204 g/mol. The minimum Gasteiger partial charge on any atom is -0.463 e. The third kappa shape index (κ3) is 4.77. The molecule has 1 aliphatic rings. The lowest BCUT2D eigenvalue weighted by atomic mass is 10.1. The topological polar surface area (TPSA) is 41.6 Å². The predicted octanol–water partition coefficient (Wildman–Crippen LogP) is 0.789. The van der Waals surface area contributed by atoms with Crippen LogP contribution in [0, 0.1) is 0 Å². The average molecular weight is 226 g/mol. The summed E-state index contributed by atoms with van der Waals surface area (Å²) in [7, 11) is 2.10. The van der Waals surface area contributed by atoms with E-state index >= 15 is 0 Å². The Morgan fingerprint density at radius 3 is 2.81 bits per heavy atom. The number of esters is 1. The normalized spacial score (nSPS) is 18.2. The summed E-state index contributed by atoms with van der Waals surface area (Å²) in [5, 5.41) is 3.34.